The van der Waals surface area contributed by atoms with Crippen molar-refractivity contribution in [2.24, 2.45) is 0 Å². The number of hydrogen-bond donors (Lipinski definition) is 2. The first-order valence-electron chi connectivity index (χ1n) is 19.7. The molecule has 2 nitrogen and oxygen atoms in total. The van der Waals surface area contributed by atoms with E-state index in [0.29, 0.717) is 0 Å². The molecule has 0 heterocycles. The van der Waals surface area contributed by atoms with E-state index in [1.54, 1.807) is 0 Å². The van der Waals surface area contributed by atoms with Gasteiger partial charge >= 0.3 is 21.1 Å². The van der Waals surface area contributed by atoms with E-state index in [2.05, 4.69) is 194 Å². The molecule has 0 atom stereocenters. The van der Waals surface area contributed by atoms with E-state index in [9.17, 15) is 10.2 Å². The molecule has 0 aromatic heterocycles. The summed E-state index contributed by atoms with van der Waals surface area (Å²) < 4.78 is 0. The van der Waals surface area contributed by atoms with Crippen molar-refractivity contribution in [2.75, 3.05) is 0 Å². The Bertz CT molecular complexity index is 1700. The van der Waals surface area contributed by atoms with Gasteiger partial charge in [0.2, 0.25) is 0 Å². The van der Waals surface area contributed by atoms with Crippen molar-refractivity contribution in [2.45, 2.75) is 75.4 Å². The molecule has 57 heavy (non-hydrogen) atoms. The van der Waals surface area contributed by atoms with Crippen LogP contribution in [0.25, 0.3) is 0 Å². The fourth-order valence-corrected chi connectivity index (χ4v) is 11.5. The summed E-state index contributed by atoms with van der Waals surface area (Å²) >= 11 is 0. The maximum atomic E-state index is 9.38. The molecule has 0 unspecified atom stereocenters. The molecule has 0 spiro atoms. The van der Waals surface area contributed by atoms with E-state index in [1.807, 2.05) is 0 Å². The van der Waals surface area contributed by atoms with Gasteiger partial charge in [0.05, 0.1) is 11.2 Å². The SMILES string of the molecule is [C-]#CC1(O)CCCCC1.[C-]#CC1(O)CCCCC1.[Pt+2].c1ccc(P(c2ccccc2)c2ccccc2)cc1.c1ccc(P(c2ccccc2)c2ccccc2)cc1. The molecule has 2 aliphatic carbocycles. The number of aliphatic hydroxyl groups is 2. The zero-order valence-electron chi connectivity index (χ0n) is 32.5. The summed E-state index contributed by atoms with van der Waals surface area (Å²) in [6.45, 7) is 0. The Hall–Kier alpha value is -4.09. The molecular formula is C52H52O2P2Pt. The van der Waals surface area contributed by atoms with Gasteiger partial charge in [0.25, 0.3) is 0 Å². The summed E-state index contributed by atoms with van der Waals surface area (Å²) in [5, 5.41) is 27.2. The van der Waals surface area contributed by atoms with E-state index in [-0.39, 0.29) is 21.1 Å². The third kappa shape index (κ3) is 14.7. The van der Waals surface area contributed by atoms with Crippen molar-refractivity contribution in [3.63, 3.8) is 0 Å². The Morgan fingerprint density at radius 3 is 0.649 bits per heavy atom. The van der Waals surface area contributed by atoms with Crippen LogP contribution in [0, 0.1) is 24.7 Å². The van der Waals surface area contributed by atoms with Crippen LogP contribution in [0.2, 0.25) is 0 Å². The molecule has 2 saturated carbocycles. The van der Waals surface area contributed by atoms with Crippen molar-refractivity contribution in [3.05, 3.63) is 195 Å². The molecule has 6 aromatic carbocycles. The summed E-state index contributed by atoms with van der Waals surface area (Å²) in [5.74, 6) is 4.37. The zero-order chi connectivity index (χ0) is 39.3. The fourth-order valence-electron chi connectivity index (χ4n) is 6.88. The Morgan fingerprint density at radius 2 is 0.509 bits per heavy atom. The minimum absolute atomic E-state index is 0. The molecule has 0 saturated heterocycles. The number of rotatable bonds is 6. The smallest absolute Gasteiger partial charge is 0.691 e. The second kappa shape index (κ2) is 24.6. The van der Waals surface area contributed by atoms with Crippen LogP contribution >= 0.6 is 15.8 Å². The van der Waals surface area contributed by atoms with Crippen molar-refractivity contribution < 1.29 is 31.3 Å². The first-order valence-corrected chi connectivity index (χ1v) is 22.4. The molecule has 5 heteroatoms. The second-order valence-corrected chi connectivity index (χ2v) is 18.6. The van der Waals surface area contributed by atoms with Crippen LogP contribution < -0.4 is 31.8 Å². The largest absolute Gasteiger partial charge is 2.00 e. The molecule has 0 radical (unpaired) electrons. The Kier molecular flexibility index (Phi) is 19.7. The van der Waals surface area contributed by atoms with Gasteiger partial charge in [-0.1, -0.05) is 195 Å². The van der Waals surface area contributed by atoms with Crippen molar-refractivity contribution in [1.82, 2.24) is 0 Å². The molecule has 0 bridgehead atoms. The van der Waals surface area contributed by atoms with Crippen molar-refractivity contribution in [1.29, 1.82) is 0 Å². The molecule has 6 aromatic rings. The van der Waals surface area contributed by atoms with Crippen molar-refractivity contribution >= 4 is 47.7 Å². The molecular weight excluding hydrogens is 914 g/mol. The van der Waals surface area contributed by atoms with E-state index in [1.165, 1.54) is 44.7 Å². The average molecular weight is 966 g/mol. The minimum Gasteiger partial charge on any atom is -0.691 e. The van der Waals surface area contributed by atoms with Crippen LogP contribution in [-0.4, -0.2) is 21.4 Å². The van der Waals surface area contributed by atoms with Crippen LogP contribution in [-0.2, 0) is 21.1 Å². The normalized spacial score (nSPS) is 14.9. The van der Waals surface area contributed by atoms with Crippen LogP contribution in [0.5, 0.6) is 0 Å². The molecule has 2 aliphatic rings. The summed E-state index contributed by atoms with van der Waals surface area (Å²) in [7, 11) is -0.892. The van der Waals surface area contributed by atoms with Crippen molar-refractivity contribution in [3.8, 4) is 11.8 Å². The van der Waals surface area contributed by atoms with Gasteiger partial charge in [-0.05, 0) is 99.0 Å². The number of hydrogen-bond acceptors (Lipinski definition) is 2. The molecule has 0 aliphatic heterocycles. The summed E-state index contributed by atoms with van der Waals surface area (Å²) in [6, 6.07) is 64.7. The molecule has 2 N–H and O–H groups in total. The summed E-state index contributed by atoms with van der Waals surface area (Å²) in [6.07, 6.45) is 23.1. The van der Waals surface area contributed by atoms with Gasteiger partial charge in [-0.3, -0.25) is 0 Å². The van der Waals surface area contributed by atoms with Gasteiger partial charge in [0.15, 0.2) is 0 Å². The topological polar surface area (TPSA) is 40.5 Å². The van der Waals surface area contributed by atoms with Gasteiger partial charge in [-0.15, -0.1) is 0 Å². The maximum absolute atomic E-state index is 9.38. The second-order valence-electron chi connectivity index (χ2n) is 14.1. The van der Waals surface area contributed by atoms with Gasteiger partial charge in [-0.25, -0.2) is 0 Å². The van der Waals surface area contributed by atoms with Crippen LogP contribution in [0.1, 0.15) is 64.2 Å². The third-order valence-electron chi connectivity index (χ3n) is 9.91. The monoisotopic (exact) mass is 965 g/mol. The van der Waals surface area contributed by atoms with Crippen LogP contribution in [0.15, 0.2) is 182 Å². The molecule has 2 fully saturated rings. The molecule has 8 rings (SSSR count). The third-order valence-corrected chi connectivity index (χ3v) is 14.8. The van der Waals surface area contributed by atoms with Gasteiger partial charge in [0.1, 0.15) is 0 Å². The van der Waals surface area contributed by atoms with Gasteiger partial charge < -0.3 is 34.9 Å². The first-order chi connectivity index (χ1) is 27.4. The van der Waals surface area contributed by atoms with E-state index >= 15 is 0 Å². The fraction of sp³-hybridized carbons (Fsp3) is 0.231. The predicted molar refractivity (Wildman–Crippen MR) is 241 cm³/mol. The molecule has 0 amide bonds. The average Bonchev–Trinajstić information content (AvgIpc) is 3.27. The Morgan fingerprint density at radius 1 is 0.333 bits per heavy atom. The summed E-state index contributed by atoms with van der Waals surface area (Å²) in [4.78, 5) is 0. The van der Waals surface area contributed by atoms with Gasteiger partial charge in [-0.2, -0.15) is 0 Å². The quantitative estimate of drug-likeness (QED) is 0.0994. The Balaban J connectivity index is 0.000000178. The molecule has 292 valence electrons. The predicted octanol–water partition coefficient (Wildman–Crippen LogP) is 9.43. The minimum atomic E-state index is -0.863. The standard InChI is InChI=1S/2C18H15P.2C8H11O.Pt/c2*1-4-10-16(11-5-1)19(17-12-6-2-7-13-17)18-14-8-3-9-15-18;2*1-2-8(9)6-4-3-5-7-8;/h2*1-15H;2*9H,3-7H2;/q;;2*-1;+2. The van der Waals surface area contributed by atoms with E-state index in [0.717, 1.165) is 51.4 Å². The Labute approximate surface area is 359 Å². The maximum Gasteiger partial charge on any atom is 2.00 e. The van der Waals surface area contributed by atoms with Crippen LogP contribution in [0.3, 0.4) is 0 Å². The summed E-state index contributed by atoms with van der Waals surface area (Å²) in [5.41, 5.74) is -1.73. The van der Waals surface area contributed by atoms with Gasteiger partial charge in [0, 0.05) is 0 Å². The zero-order valence-corrected chi connectivity index (χ0v) is 36.6. The first kappa shape index (κ1) is 45.6. The van der Waals surface area contributed by atoms with E-state index in [4.69, 9.17) is 12.8 Å². The van der Waals surface area contributed by atoms with E-state index < -0.39 is 27.0 Å². The van der Waals surface area contributed by atoms with Crippen LogP contribution in [0.4, 0.5) is 0 Å². The number of benzene rings is 6.